The lowest BCUT2D eigenvalue weighted by molar-refractivity contribution is 0.0702. The molecule has 1 aromatic rings. The van der Waals surface area contributed by atoms with Gasteiger partial charge in [0.2, 0.25) is 0 Å². The smallest absolute Gasteiger partial charge is 0.345 e. The number of rotatable bonds is 12. The predicted molar refractivity (Wildman–Crippen MR) is 117 cm³/mol. The van der Waals surface area contributed by atoms with Crippen LogP contribution in [-0.2, 0) is 6.42 Å². The Kier molecular flexibility index (Phi) is 10.1. The first-order chi connectivity index (χ1) is 13.8. The average Bonchev–Trinajstić information content (AvgIpc) is 3.22. The molecule has 1 aliphatic rings. The number of aromatic carboxylic acids is 1. The summed E-state index contributed by atoms with van der Waals surface area (Å²) in [6.07, 6.45) is 8.55. The number of hydrogen-bond donors (Lipinski definition) is 4. The van der Waals surface area contributed by atoms with Crippen molar-refractivity contribution >= 4 is 28.9 Å². The van der Waals surface area contributed by atoms with Crippen molar-refractivity contribution in [3.05, 3.63) is 34.0 Å². The minimum atomic E-state index is -0.893. The quantitative estimate of drug-likeness (QED) is 0.220. The number of thiophene rings is 1. The maximum atomic E-state index is 11.0. The Morgan fingerprint density at radius 1 is 1.28 bits per heavy atom. The number of carboxylic acid groups (broad SMARTS) is 1. The minimum absolute atomic E-state index is 0.0671. The first-order valence-electron chi connectivity index (χ1n) is 10.5. The van der Waals surface area contributed by atoms with Gasteiger partial charge in [0.25, 0.3) is 0 Å². The molecule has 7 heteroatoms. The number of aliphatic hydroxyl groups is 3. The van der Waals surface area contributed by atoms with Crippen molar-refractivity contribution in [2.24, 2.45) is 11.8 Å². The van der Waals surface area contributed by atoms with Crippen LogP contribution in [0.2, 0.25) is 0 Å². The predicted octanol–water partition coefficient (Wildman–Crippen LogP) is 4.23. The average molecular weight is 445 g/mol. The number of hydrogen-bond acceptors (Lipinski definition) is 5. The number of carbonyl (C=O) groups is 1. The molecule has 1 saturated carbocycles. The van der Waals surface area contributed by atoms with Crippen LogP contribution in [0.4, 0.5) is 0 Å². The summed E-state index contributed by atoms with van der Waals surface area (Å²) >= 11 is 7.79. The maximum Gasteiger partial charge on any atom is 0.345 e. The molecule has 0 amide bonds. The summed E-state index contributed by atoms with van der Waals surface area (Å²) in [6.45, 7) is 1.77. The van der Waals surface area contributed by atoms with Gasteiger partial charge in [-0.05, 0) is 63.5 Å². The highest BCUT2D eigenvalue weighted by Crippen LogP contribution is 2.40. The molecular formula is C22H33ClO5S. The van der Waals surface area contributed by atoms with Crippen molar-refractivity contribution in [3.8, 4) is 0 Å². The molecule has 0 unspecified atom stereocenters. The van der Waals surface area contributed by atoms with Crippen LogP contribution in [0.1, 0.15) is 66.4 Å². The van der Waals surface area contributed by atoms with Crippen molar-refractivity contribution in [1.82, 2.24) is 0 Å². The van der Waals surface area contributed by atoms with E-state index in [-0.39, 0.29) is 23.3 Å². The maximum absolute atomic E-state index is 11.0. The zero-order valence-corrected chi connectivity index (χ0v) is 18.5. The van der Waals surface area contributed by atoms with Crippen LogP contribution in [0, 0.1) is 11.8 Å². The van der Waals surface area contributed by atoms with Crippen molar-refractivity contribution < 1.29 is 25.2 Å². The van der Waals surface area contributed by atoms with E-state index in [1.165, 1.54) is 11.3 Å². The van der Waals surface area contributed by atoms with E-state index in [9.17, 15) is 20.1 Å². The van der Waals surface area contributed by atoms with Crippen LogP contribution in [-0.4, -0.2) is 50.1 Å². The molecular weight excluding hydrogens is 412 g/mol. The van der Waals surface area contributed by atoms with Crippen LogP contribution >= 0.6 is 22.9 Å². The number of aliphatic hydroxyl groups excluding tert-OH is 3. The van der Waals surface area contributed by atoms with Crippen molar-refractivity contribution in [2.45, 2.75) is 82.0 Å². The van der Waals surface area contributed by atoms with E-state index in [1.54, 1.807) is 19.1 Å². The van der Waals surface area contributed by atoms with Crippen LogP contribution in [0.3, 0.4) is 0 Å². The number of carboxylic acids is 1. The molecule has 4 N–H and O–H groups in total. The Hall–Kier alpha value is -0.920. The van der Waals surface area contributed by atoms with Crippen molar-refractivity contribution in [2.75, 3.05) is 0 Å². The van der Waals surface area contributed by atoms with E-state index in [0.717, 1.165) is 43.4 Å². The van der Waals surface area contributed by atoms with E-state index in [4.69, 9.17) is 16.7 Å². The fourth-order valence-corrected chi connectivity index (χ4v) is 5.38. The summed E-state index contributed by atoms with van der Waals surface area (Å²) in [5, 5.41) is 38.8. The SMILES string of the molecule is C[C@@H](O)CCCC[C@H](O)C=C[C@@H]1[C@@H](CCCc2ccc(C(=O)O)s2)[C@H](Cl)C[C@H]1O. The van der Waals surface area contributed by atoms with Gasteiger partial charge in [-0.3, -0.25) is 0 Å². The molecule has 0 spiro atoms. The van der Waals surface area contributed by atoms with E-state index in [1.807, 2.05) is 12.1 Å². The van der Waals surface area contributed by atoms with Gasteiger partial charge in [-0.2, -0.15) is 0 Å². The number of halogens is 1. The molecule has 0 bridgehead atoms. The number of aryl methyl sites for hydroxylation is 1. The molecule has 0 aliphatic heterocycles. The largest absolute Gasteiger partial charge is 0.477 e. The Bertz CT molecular complexity index is 659. The van der Waals surface area contributed by atoms with Gasteiger partial charge in [-0.1, -0.05) is 25.0 Å². The molecule has 29 heavy (non-hydrogen) atoms. The minimum Gasteiger partial charge on any atom is -0.477 e. The Balaban J connectivity index is 1.81. The van der Waals surface area contributed by atoms with E-state index >= 15 is 0 Å². The highest BCUT2D eigenvalue weighted by molar-refractivity contribution is 7.13. The van der Waals surface area contributed by atoms with Gasteiger partial charge in [-0.15, -0.1) is 22.9 Å². The summed E-state index contributed by atoms with van der Waals surface area (Å²) in [6, 6.07) is 3.50. The Morgan fingerprint density at radius 2 is 2.00 bits per heavy atom. The molecule has 1 aliphatic carbocycles. The molecule has 1 aromatic heterocycles. The highest BCUT2D eigenvalue weighted by Gasteiger charge is 2.39. The Morgan fingerprint density at radius 3 is 2.66 bits per heavy atom. The van der Waals surface area contributed by atoms with Gasteiger partial charge in [0.1, 0.15) is 4.88 Å². The first kappa shape index (κ1) is 24.4. The number of alkyl halides is 1. The van der Waals surface area contributed by atoms with Crippen molar-refractivity contribution in [3.63, 3.8) is 0 Å². The third-order valence-electron chi connectivity index (χ3n) is 5.63. The molecule has 0 saturated heterocycles. The third-order valence-corrected chi connectivity index (χ3v) is 7.27. The van der Waals surface area contributed by atoms with Gasteiger partial charge >= 0.3 is 5.97 Å². The van der Waals surface area contributed by atoms with Crippen molar-refractivity contribution in [1.29, 1.82) is 0 Å². The van der Waals surface area contributed by atoms with E-state index < -0.39 is 18.2 Å². The summed E-state index contributed by atoms with van der Waals surface area (Å²) in [7, 11) is 0. The van der Waals surface area contributed by atoms with Crippen LogP contribution in [0.5, 0.6) is 0 Å². The molecule has 0 aromatic carbocycles. The van der Waals surface area contributed by atoms with E-state index in [2.05, 4.69) is 0 Å². The van der Waals surface area contributed by atoms with E-state index in [0.29, 0.717) is 17.7 Å². The number of unbranched alkanes of at least 4 members (excludes halogenated alkanes) is 1. The van der Waals surface area contributed by atoms with Gasteiger partial charge in [0.15, 0.2) is 0 Å². The monoisotopic (exact) mass is 444 g/mol. The fourth-order valence-electron chi connectivity index (χ4n) is 4.02. The van der Waals surface area contributed by atoms with Crippen LogP contribution in [0.25, 0.3) is 0 Å². The van der Waals surface area contributed by atoms with Gasteiger partial charge in [0, 0.05) is 16.2 Å². The molecule has 164 valence electrons. The summed E-state index contributed by atoms with van der Waals surface area (Å²) in [4.78, 5) is 12.4. The molecule has 1 fully saturated rings. The van der Waals surface area contributed by atoms with Crippen LogP contribution in [0.15, 0.2) is 24.3 Å². The lowest BCUT2D eigenvalue weighted by Gasteiger charge is -2.21. The molecule has 0 radical (unpaired) electrons. The second-order valence-electron chi connectivity index (χ2n) is 8.11. The fraction of sp³-hybridized carbons (Fsp3) is 0.682. The topological polar surface area (TPSA) is 98.0 Å². The lowest BCUT2D eigenvalue weighted by atomic mass is 9.89. The first-order valence-corrected chi connectivity index (χ1v) is 11.7. The summed E-state index contributed by atoms with van der Waals surface area (Å²) < 4.78 is 0. The third kappa shape index (κ3) is 8.02. The molecule has 6 atom stereocenters. The second kappa shape index (κ2) is 12.1. The zero-order chi connectivity index (χ0) is 21.4. The summed E-state index contributed by atoms with van der Waals surface area (Å²) in [5.74, 6) is -0.817. The second-order valence-corrected chi connectivity index (χ2v) is 9.84. The lowest BCUT2D eigenvalue weighted by Crippen LogP contribution is -2.19. The molecule has 1 heterocycles. The van der Waals surface area contributed by atoms with Gasteiger partial charge < -0.3 is 20.4 Å². The zero-order valence-electron chi connectivity index (χ0n) is 16.9. The van der Waals surface area contributed by atoms with Gasteiger partial charge in [0.05, 0.1) is 18.3 Å². The summed E-state index contributed by atoms with van der Waals surface area (Å²) in [5.41, 5.74) is 0. The van der Waals surface area contributed by atoms with Gasteiger partial charge in [-0.25, -0.2) is 4.79 Å². The molecule has 5 nitrogen and oxygen atoms in total. The standard InChI is InChI=1S/C22H33ClO5S/c1-14(24)5-2-3-6-15(25)9-11-18-17(19(23)13-20(18)26)8-4-7-16-10-12-21(29-16)22(27)28/h9-12,14-15,17-20,24-26H,2-8,13H2,1H3,(H,27,28)/t14-,15+,17-,18-,19-,20-/m1/s1. The molecule has 2 rings (SSSR count). The Labute approximate surface area is 182 Å². The van der Waals surface area contributed by atoms with Crippen LogP contribution < -0.4 is 0 Å². The highest BCUT2D eigenvalue weighted by atomic mass is 35.5. The normalized spacial score (nSPS) is 26.8.